The van der Waals surface area contributed by atoms with Gasteiger partial charge in [0.25, 0.3) is 5.91 Å². The first-order valence-electron chi connectivity index (χ1n) is 6.33. The summed E-state index contributed by atoms with van der Waals surface area (Å²) in [6.45, 7) is 1.68. The molecule has 4 heteroatoms. The van der Waals surface area contributed by atoms with E-state index in [-0.39, 0.29) is 11.9 Å². The highest BCUT2D eigenvalue weighted by atomic mass is 16.3. The zero-order valence-electron chi connectivity index (χ0n) is 9.84. The standard InChI is InChI=1S/C13H18N2O2/c14-12-3-1-2-9-6-15(7-11(9)12)13(16)10-4-5-17-8-10/h4-5,8-9,11-12H,1-3,6-7,14H2. The van der Waals surface area contributed by atoms with Crippen molar-refractivity contribution in [2.45, 2.75) is 25.3 Å². The van der Waals surface area contributed by atoms with E-state index in [2.05, 4.69) is 0 Å². The molecule has 2 aliphatic rings. The zero-order valence-corrected chi connectivity index (χ0v) is 9.84. The van der Waals surface area contributed by atoms with Crippen LogP contribution in [-0.2, 0) is 0 Å². The third-order valence-electron chi connectivity index (χ3n) is 4.21. The largest absolute Gasteiger partial charge is 0.472 e. The maximum atomic E-state index is 12.2. The third-order valence-corrected chi connectivity index (χ3v) is 4.21. The van der Waals surface area contributed by atoms with E-state index in [4.69, 9.17) is 10.2 Å². The number of fused-ring (bicyclic) bond motifs is 1. The molecule has 1 aliphatic carbocycles. The van der Waals surface area contributed by atoms with Crippen molar-refractivity contribution in [3.8, 4) is 0 Å². The van der Waals surface area contributed by atoms with Crippen LogP contribution in [0.1, 0.15) is 29.6 Å². The lowest BCUT2D eigenvalue weighted by molar-refractivity contribution is 0.0783. The predicted molar refractivity (Wildman–Crippen MR) is 63.4 cm³/mol. The van der Waals surface area contributed by atoms with Gasteiger partial charge in [0.1, 0.15) is 6.26 Å². The minimum atomic E-state index is 0.0837. The summed E-state index contributed by atoms with van der Waals surface area (Å²) in [6.07, 6.45) is 6.59. The van der Waals surface area contributed by atoms with Crippen molar-refractivity contribution in [2.24, 2.45) is 17.6 Å². The summed E-state index contributed by atoms with van der Waals surface area (Å²) in [6, 6.07) is 2.00. The summed E-state index contributed by atoms with van der Waals surface area (Å²) in [5, 5.41) is 0. The Morgan fingerprint density at radius 2 is 2.29 bits per heavy atom. The van der Waals surface area contributed by atoms with Crippen molar-refractivity contribution >= 4 is 5.91 Å². The summed E-state index contributed by atoms with van der Waals surface area (Å²) < 4.78 is 4.96. The molecular formula is C13H18N2O2. The van der Waals surface area contributed by atoms with Crippen molar-refractivity contribution in [1.29, 1.82) is 0 Å². The smallest absolute Gasteiger partial charge is 0.257 e. The van der Waals surface area contributed by atoms with Crippen LogP contribution in [0.15, 0.2) is 23.0 Å². The maximum absolute atomic E-state index is 12.2. The number of likely N-dealkylation sites (tertiary alicyclic amines) is 1. The van der Waals surface area contributed by atoms with E-state index in [9.17, 15) is 4.79 Å². The molecule has 1 aromatic rings. The van der Waals surface area contributed by atoms with Gasteiger partial charge in [0.2, 0.25) is 0 Å². The van der Waals surface area contributed by atoms with E-state index in [1.54, 1.807) is 12.3 Å². The van der Waals surface area contributed by atoms with Gasteiger partial charge in [-0.25, -0.2) is 0 Å². The fourth-order valence-corrected chi connectivity index (χ4v) is 3.25. The Kier molecular flexibility index (Phi) is 2.67. The Bertz CT molecular complexity index is 402. The first-order chi connectivity index (χ1) is 8.25. The molecule has 2 N–H and O–H groups in total. The van der Waals surface area contributed by atoms with Gasteiger partial charge in [-0.05, 0) is 30.7 Å². The normalized spacial score (nSPS) is 32.5. The topological polar surface area (TPSA) is 59.5 Å². The highest BCUT2D eigenvalue weighted by Gasteiger charge is 2.40. The molecule has 3 unspecified atom stereocenters. The fraction of sp³-hybridized carbons (Fsp3) is 0.615. The highest BCUT2D eigenvalue weighted by Crippen LogP contribution is 2.35. The number of nitrogens with zero attached hydrogens (tertiary/aromatic N) is 1. The van der Waals surface area contributed by atoms with Crippen LogP contribution in [0.2, 0.25) is 0 Å². The number of carbonyl (C=O) groups excluding carboxylic acids is 1. The quantitative estimate of drug-likeness (QED) is 0.800. The molecule has 1 aromatic heterocycles. The molecule has 1 aliphatic heterocycles. The number of nitrogens with two attached hydrogens (primary N) is 1. The van der Waals surface area contributed by atoms with Crippen LogP contribution in [-0.4, -0.2) is 29.9 Å². The molecule has 1 amide bonds. The minimum absolute atomic E-state index is 0.0837. The molecule has 2 heterocycles. The molecule has 0 aromatic carbocycles. The van der Waals surface area contributed by atoms with E-state index in [1.165, 1.54) is 19.1 Å². The van der Waals surface area contributed by atoms with Crippen LogP contribution in [0.4, 0.5) is 0 Å². The molecule has 1 saturated carbocycles. The molecule has 92 valence electrons. The number of furan rings is 1. The lowest BCUT2D eigenvalue weighted by Crippen LogP contribution is -2.38. The molecule has 0 radical (unpaired) electrons. The first kappa shape index (κ1) is 10.8. The fourth-order valence-electron chi connectivity index (χ4n) is 3.25. The molecule has 3 atom stereocenters. The highest BCUT2D eigenvalue weighted by molar-refractivity contribution is 5.94. The number of hydrogen-bond acceptors (Lipinski definition) is 3. The molecule has 1 saturated heterocycles. The van der Waals surface area contributed by atoms with Gasteiger partial charge in [-0.1, -0.05) is 6.42 Å². The van der Waals surface area contributed by atoms with Crippen molar-refractivity contribution < 1.29 is 9.21 Å². The molecule has 17 heavy (non-hydrogen) atoms. The van der Waals surface area contributed by atoms with Crippen LogP contribution < -0.4 is 5.73 Å². The minimum Gasteiger partial charge on any atom is -0.472 e. The molecule has 3 rings (SSSR count). The van der Waals surface area contributed by atoms with Gasteiger partial charge in [-0.2, -0.15) is 0 Å². The monoisotopic (exact) mass is 234 g/mol. The number of carbonyl (C=O) groups is 1. The number of hydrogen-bond donors (Lipinski definition) is 1. The number of amides is 1. The van der Waals surface area contributed by atoms with Crippen LogP contribution in [0.5, 0.6) is 0 Å². The molecule has 4 nitrogen and oxygen atoms in total. The summed E-state index contributed by atoms with van der Waals surface area (Å²) in [5.41, 5.74) is 6.79. The van der Waals surface area contributed by atoms with Gasteiger partial charge in [-0.15, -0.1) is 0 Å². The van der Waals surface area contributed by atoms with Gasteiger partial charge in [0, 0.05) is 19.1 Å². The Morgan fingerprint density at radius 1 is 1.41 bits per heavy atom. The molecular weight excluding hydrogens is 216 g/mol. The average Bonchev–Trinajstić information content (AvgIpc) is 2.98. The Morgan fingerprint density at radius 3 is 3.00 bits per heavy atom. The summed E-state index contributed by atoms with van der Waals surface area (Å²) >= 11 is 0. The Hall–Kier alpha value is -1.29. The predicted octanol–water partition coefficient (Wildman–Crippen LogP) is 1.48. The van der Waals surface area contributed by atoms with E-state index in [0.717, 1.165) is 19.5 Å². The zero-order chi connectivity index (χ0) is 11.8. The summed E-state index contributed by atoms with van der Waals surface area (Å²) in [7, 11) is 0. The Balaban J connectivity index is 1.73. The average molecular weight is 234 g/mol. The molecule has 0 bridgehead atoms. The lowest BCUT2D eigenvalue weighted by Gasteiger charge is -2.29. The third kappa shape index (κ3) is 1.86. The first-order valence-corrected chi connectivity index (χ1v) is 6.33. The number of rotatable bonds is 1. The van der Waals surface area contributed by atoms with Crippen molar-refractivity contribution in [3.63, 3.8) is 0 Å². The van der Waals surface area contributed by atoms with Gasteiger partial charge >= 0.3 is 0 Å². The van der Waals surface area contributed by atoms with Crippen molar-refractivity contribution in [3.05, 3.63) is 24.2 Å². The van der Waals surface area contributed by atoms with Crippen LogP contribution in [0.25, 0.3) is 0 Å². The van der Waals surface area contributed by atoms with Gasteiger partial charge in [-0.3, -0.25) is 4.79 Å². The van der Waals surface area contributed by atoms with Gasteiger partial charge in [0.05, 0.1) is 11.8 Å². The van der Waals surface area contributed by atoms with Crippen molar-refractivity contribution in [2.75, 3.05) is 13.1 Å². The lowest BCUT2D eigenvalue weighted by atomic mass is 9.78. The van der Waals surface area contributed by atoms with Crippen LogP contribution >= 0.6 is 0 Å². The van der Waals surface area contributed by atoms with Crippen LogP contribution in [0.3, 0.4) is 0 Å². The second-order valence-electron chi connectivity index (χ2n) is 5.24. The Labute approximate surface area is 101 Å². The second kappa shape index (κ2) is 4.18. The SMILES string of the molecule is NC1CCCC2CN(C(=O)c3ccoc3)CC12. The summed E-state index contributed by atoms with van der Waals surface area (Å²) in [5.74, 6) is 1.19. The molecule has 0 spiro atoms. The second-order valence-corrected chi connectivity index (χ2v) is 5.24. The maximum Gasteiger partial charge on any atom is 0.257 e. The van der Waals surface area contributed by atoms with Gasteiger partial charge in [0.15, 0.2) is 0 Å². The van der Waals surface area contributed by atoms with E-state index in [1.807, 2.05) is 4.90 Å². The summed E-state index contributed by atoms with van der Waals surface area (Å²) in [4.78, 5) is 14.1. The van der Waals surface area contributed by atoms with E-state index >= 15 is 0 Å². The van der Waals surface area contributed by atoms with E-state index in [0.29, 0.717) is 17.4 Å². The van der Waals surface area contributed by atoms with Crippen molar-refractivity contribution in [1.82, 2.24) is 4.90 Å². The molecule has 2 fully saturated rings. The van der Waals surface area contributed by atoms with Crippen LogP contribution in [0, 0.1) is 11.8 Å². The van der Waals surface area contributed by atoms with Gasteiger partial charge < -0.3 is 15.1 Å². The van der Waals surface area contributed by atoms with E-state index < -0.39 is 0 Å².